The van der Waals surface area contributed by atoms with Gasteiger partial charge in [0, 0.05) is 12.1 Å². The van der Waals surface area contributed by atoms with Crippen molar-refractivity contribution >= 4 is 5.91 Å². The maximum absolute atomic E-state index is 11.8. The Kier molecular flexibility index (Phi) is 5.08. The molecule has 0 unspecified atom stereocenters. The van der Waals surface area contributed by atoms with Crippen LogP contribution in [0.25, 0.3) is 0 Å². The molecule has 0 radical (unpaired) electrons. The van der Waals surface area contributed by atoms with Gasteiger partial charge in [-0.15, -0.1) is 0 Å². The minimum Gasteiger partial charge on any atom is -0.391 e. The standard InChI is InChI=1S/C10H22N2O2/c1-6(2)12(7(3)4)10(14)9(11)8(5)13/h6-9,13H,11H2,1-5H3/t8-,9+/m1/s1. The van der Waals surface area contributed by atoms with Gasteiger partial charge < -0.3 is 15.7 Å². The maximum atomic E-state index is 11.8. The van der Waals surface area contributed by atoms with Crippen LogP contribution in [-0.4, -0.2) is 40.1 Å². The van der Waals surface area contributed by atoms with Gasteiger partial charge >= 0.3 is 0 Å². The molecule has 0 aromatic carbocycles. The third kappa shape index (κ3) is 3.27. The molecular formula is C10H22N2O2. The van der Waals surface area contributed by atoms with Crippen LogP contribution in [0.15, 0.2) is 0 Å². The van der Waals surface area contributed by atoms with E-state index in [9.17, 15) is 9.90 Å². The number of nitrogens with zero attached hydrogens (tertiary/aromatic N) is 1. The smallest absolute Gasteiger partial charge is 0.242 e. The topological polar surface area (TPSA) is 66.6 Å². The van der Waals surface area contributed by atoms with Crippen molar-refractivity contribution < 1.29 is 9.90 Å². The molecule has 4 nitrogen and oxygen atoms in total. The van der Waals surface area contributed by atoms with Crippen molar-refractivity contribution in [1.82, 2.24) is 4.90 Å². The van der Waals surface area contributed by atoms with Gasteiger partial charge in [0.25, 0.3) is 0 Å². The molecule has 0 spiro atoms. The summed E-state index contributed by atoms with van der Waals surface area (Å²) in [4.78, 5) is 13.5. The molecule has 0 aliphatic rings. The van der Waals surface area contributed by atoms with Gasteiger partial charge in [0.15, 0.2) is 0 Å². The molecular weight excluding hydrogens is 180 g/mol. The molecule has 0 aliphatic carbocycles. The van der Waals surface area contributed by atoms with Crippen LogP contribution in [0.2, 0.25) is 0 Å². The molecule has 4 heteroatoms. The Bertz CT molecular complexity index is 183. The van der Waals surface area contributed by atoms with Crippen LogP contribution in [-0.2, 0) is 4.79 Å². The fourth-order valence-corrected chi connectivity index (χ4v) is 1.48. The van der Waals surface area contributed by atoms with Crippen LogP contribution >= 0.6 is 0 Å². The predicted molar refractivity (Wildman–Crippen MR) is 56.8 cm³/mol. The Labute approximate surface area is 86.1 Å². The Hall–Kier alpha value is -0.610. The molecule has 0 heterocycles. The first-order valence-electron chi connectivity index (χ1n) is 5.04. The lowest BCUT2D eigenvalue weighted by Crippen LogP contribution is -2.53. The van der Waals surface area contributed by atoms with Crippen LogP contribution in [0, 0.1) is 0 Å². The number of rotatable bonds is 4. The number of hydrogen-bond donors (Lipinski definition) is 2. The van der Waals surface area contributed by atoms with Crippen molar-refractivity contribution in [1.29, 1.82) is 0 Å². The summed E-state index contributed by atoms with van der Waals surface area (Å²) in [5.74, 6) is -0.190. The molecule has 84 valence electrons. The Balaban J connectivity index is 4.60. The SMILES string of the molecule is CC(C)N(C(=O)[C@@H](N)[C@@H](C)O)C(C)C. The van der Waals surface area contributed by atoms with E-state index < -0.39 is 12.1 Å². The Morgan fingerprint density at radius 1 is 1.14 bits per heavy atom. The highest BCUT2D eigenvalue weighted by Crippen LogP contribution is 2.08. The van der Waals surface area contributed by atoms with Crippen molar-refractivity contribution in [3.63, 3.8) is 0 Å². The fourth-order valence-electron chi connectivity index (χ4n) is 1.48. The van der Waals surface area contributed by atoms with Gasteiger partial charge in [-0.25, -0.2) is 0 Å². The number of amides is 1. The lowest BCUT2D eigenvalue weighted by atomic mass is 10.1. The van der Waals surface area contributed by atoms with E-state index in [-0.39, 0.29) is 18.0 Å². The molecule has 0 fully saturated rings. The molecule has 3 N–H and O–H groups in total. The van der Waals surface area contributed by atoms with Crippen LogP contribution in [0.1, 0.15) is 34.6 Å². The summed E-state index contributed by atoms with van der Waals surface area (Å²) < 4.78 is 0. The first kappa shape index (κ1) is 13.4. The largest absolute Gasteiger partial charge is 0.391 e. The molecule has 0 aromatic rings. The van der Waals surface area contributed by atoms with Crippen molar-refractivity contribution in [3.8, 4) is 0 Å². The van der Waals surface area contributed by atoms with Crippen molar-refractivity contribution in [2.75, 3.05) is 0 Å². The number of carbonyl (C=O) groups excluding carboxylic acids is 1. The summed E-state index contributed by atoms with van der Waals surface area (Å²) in [5.41, 5.74) is 5.60. The van der Waals surface area contributed by atoms with Crippen molar-refractivity contribution in [3.05, 3.63) is 0 Å². The second-order valence-electron chi connectivity index (χ2n) is 4.20. The molecule has 2 atom stereocenters. The average molecular weight is 202 g/mol. The lowest BCUT2D eigenvalue weighted by molar-refractivity contribution is -0.138. The Morgan fingerprint density at radius 2 is 1.50 bits per heavy atom. The monoisotopic (exact) mass is 202 g/mol. The van der Waals surface area contributed by atoms with Crippen molar-refractivity contribution in [2.24, 2.45) is 5.73 Å². The minimum absolute atomic E-state index is 0.104. The summed E-state index contributed by atoms with van der Waals surface area (Å²) in [6, 6.07) is -0.612. The predicted octanol–water partition coefficient (Wildman–Crippen LogP) is 0.340. The van der Waals surface area contributed by atoms with E-state index in [1.807, 2.05) is 27.7 Å². The zero-order valence-corrected chi connectivity index (χ0v) is 9.69. The third-order valence-corrected chi connectivity index (χ3v) is 2.17. The second kappa shape index (κ2) is 5.32. The zero-order valence-electron chi connectivity index (χ0n) is 9.69. The first-order chi connectivity index (χ1) is 6.29. The van der Waals surface area contributed by atoms with Gasteiger partial charge in [0.05, 0.1) is 6.10 Å². The van der Waals surface area contributed by atoms with E-state index in [1.165, 1.54) is 6.92 Å². The fraction of sp³-hybridized carbons (Fsp3) is 0.900. The molecule has 0 aliphatic heterocycles. The summed E-state index contributed by atoms with van der Waals surface area (Å²) in [5, 5.41) is 9.23. The second-order valence-corrected chi connectivity index (χ2v) is 4.20. The highest BCUT2D eigenvalue weighted by atomic mass is 16.3. The van der Waals surface area contributed by atoms with Gasteiger partial charge in [0.1, 0.15) is 6.04 Å². The quantitative estimate of drug-likeness (QED) is 0.691. The van der Waals surface area contributed by atoms with Gasteiger partial charge in [-0.2, -0.15) is 0 Å². The lowest BCUT2D eigenvalue weighted by Gasteiger charge is -2.33. The molecule has 1 amide bonds. The van der Waals surface area contributed by atoms with E-state index >= 15 is 0 Å². The summed E-state index contributed by atoms with van der Waals surface area (Å²) in [7, 11) is 0. The third-order valence-electron chi connectivity index (χ3n) is 2.17. The van der Waals surface area contributed by atoms with E-state index in [1.54, 1.807) is 4.90 Å². The maximum Gasteiger partial charge on any atom is 0.242 e. The number of aliphatic hydroxyl groups is 1. The normalized spacial score (nSPS) is 15.8. The number of aliphatic hydroxyl groups excluding tert-OH is 1. The van der Waals surface area contributed by atoms with Gasteiger partial charge in [0.2, 0.25) is 5.91 Å². The molecule has 0 bridgehead atoms. The first-order valence-corrected chi connectivity index (χ1v) is 5.04. The minimum atomic E-state index is -0.820. The molecule has 0 saturated heterocycles. The van der Waals surface area contributed by atoms with E-state index in [0.29, 0.717) is 0 Å². The van der Waals surface area contributed by atoms with Gasteiger partial charge in [-0.1, -0.05) is 0 Å². The highest BCUT2D eigenvalue weighted by molar-refractivity contribution is 5.82. The van der Waals surface area contributed by atoms with Gasteiger partial charge in [-0.05, 0) is 34.6 Å². The van der Waals surface area contributed by atoms with Crippen LogP contribution in [0.4, 0.5) is 0 Å². The molecule has 14 heavy (non-hydrogen) atoms. The van der Waals surface area contributed by atoms with E-state index in [2.05, 4.69) is 0 Å². The summed E-state index contributed by atoms with van der Waals surface area (Å²) >= 11 is 0. The van der Waals surface area contributed by atoms with Crippen molar-refractivity contribution in [2.45, 2.75) is 58.8 Å². The summed E-state index contributed by atoms with van der Waals surface area (Å²) in [6.07, 6.45) is -0.803. The molecule has 0 aromatic heterocycles. The van der Waals surface area contributed by atoms with E-state index in [0.717, 1.165) is 0 Å². The Morgan fingerprint density at radius 3 is 1.71 bits per heavy atom. The van der Waals surface area contributed by atoms with Crippen LogP contribution in [0.3, 0.4) is 0 Å². The summed E-state index contributed by atoms with van der Waals surface area (Å²) in [6.45, 7) is 9.28. The van der Waals surface area contributed by atoms with Crippen LogP contribution in [0.5, 0.6) is 0 Å². The molecule has 0 rings (SSSR count). The van der Waals surface area contributed by atoms with E-state index in [4.69, 9.17) is 5.73 Å². The zero-order chi connectivity index (χ0) is 11.5. The highest BCUT2D eigenvalue weighted by Gasteiger charge is 2.27. The van der Waals surface area contributed by atoms with Gasteiger partial charge in [-0.3, -0.25) is 4.79 Å². The number of hydrogen-bond acceptors (Lipinski definition) is 3. The molecule has 0 saturated carbocycles. The average Bonchev–Trinajstić information content (AvgIpc) is 2.01. The number of nitrogens with two attached hydrogens (primary N) is 1. The van der Waals surface area contributed by atoms with Crippen LogP contribution < -0.4 is 5.73 Å². The number of carbonyl (C=O) groups is 1.